The summed E-state index contributed by atoms with van der Waals surface area (Å²) < 4.78 is 27.8. The maximum Gasteiger partial charge on any atom is 0.254 e. The number of hydrogen-bond donors (Lipinski definition) is 2. The lowest BCUT2D eigenvalue weighted by Gasteiger charge is -2.33. The molecule has 164 valence electrons. The van der Waals surface area contributed by atoms with E-state index in [0.29, 0.717) is 57.0 Å². The Balaban J connectivity index is 1.64. The molecular weight excluding hydrogens is 399 g/mol. The van der Waals surface area contributed by atoms with Gasteiger partial charge >= 0.3 is 0 Å². The fraction of sp³-hybridized carbons (Fsp3) is 0.619. The first-order chi connectivity index (χ1) is 14.1. The van der Waals surface area contributed by atoms with Crippen LogP contribution < -0.4 is 10.8 Å². The molecule has 9 heteroatoms. The van der Waals surface area contributed by atoms with E-state index in [9.17, 15) is 13.2 Å². The molecule has 0 radical (unpaired) electrons. The fourth-order valence-corrected chi connectivity index (χ4v) is 6.45. The summed E-state index contributed by atoms with van der Waals surface area (Å²) in [6, 6.07) is 7.19. The fourth-order valence-electron chi connectivity index (χ4n) is 4.69. The summed E-state index contributed by atoms with van der Waals surface area (Å²) in [7, 11) is -2.84. The average molecular weight is 432 g/mol. The molecule has 7 nitrogen and oxygen atoms in total. The van der Waals surface area contributed by atoms with Crippen LogP contribution in [0.15, 0.2) is 29.2 Å². The van der Waals surface area contributed by atoms with Crippen LogP contribution in [0.3, 0.4) is 0 Å². The van der Waals surface area contributed by atoms with Crippen molar-refractivity contribution in [2.75, 3.05) is 19.6 Å². The minimum atomic E-state index is -3.51. The van der Waals surface area contributed by atoms with Gasteiger partial charge in [0.05, 0.1) is 4.90 Å². The van der Waals surface area contributed by atoms with Crippen LogP contribution >= 0.6 is 0 Å². The summed E-state index contributed by atoms with van der Waals surface area (Å²) in [5, 5.41) is 11.3. The summed E-state index contributed by atoms with van der Waals surface area (Å²) in [6.45, 7) is 9.32. The van der Waals surface area contributed by atoms with E-state index in [1.165, 1.54) is 0 Å². The zero-order valence-electron chi connectivity index (χ0n) is 18.4. The highest BCUT2D eigenvalue weighted by Gasteiger charge is 2.46. The van der Waals surface area contributed by atoms with Crippen molar-refractivity contribution in [3.63, 3.8) is 0 Å². The Kier molecular flexibility index (Phi) is 6.62. The van der Waals surface area contributed by atoms with E-state index in [1.54, 1.807) is 21.3 Å². The van der Waals surface area contributed by atoms with Crippen LogP contribution in [-0.4, -0.2) is 61.9 Å². The van der Waals surface area contributed by atoms with E-state index < -0.39 is 15.6 Å². The third-order valence-corrected chi connectivity index (χ3v) is 8.18. The molecule has 1 atom stereocenters. The van der Waals surface area contributed by atoms with E-state index in [-0.39, 0.29) is 17.8 Å². The number of guanidine groups is 1. The molecule has 1 amide bonds. The van der Waals surface area contributed by atoms with Crippen molar-refractivity contribution in [1.82, 2.24) is 14.5 Å². The van der Waals surface area contributed by atoms with Crippen LogP contribution in [-0.2, 0) is 14.8 Å². The molecular formula is C21H33BN4O3S. The van der Waals surface area contributed by atoms with E-state index in [0.717, 1.165) is 5.46 Å². The summed E-state index contributed by atoms with van der Waals surface area (Å²) in [4.78, 5) is 14.9. The number of sulfonamides is 1. The molecule has 0 bridgehead atoms. The summed E-state index contributed by atoms with van der Waals surface area (Å²) >= 11 is 0. The van der Waals surface area contributed by atoms with Gasteiger partial charge < -0.3 is 5.32 Å². The monoisotopic (exact) mass is 432 g/mol. The van der Waals surface area contributed by atoms with Crippen molar-refractivity contribution in [3.8, 4) is 0 Å². The second-order valence-corrected chi connectivity index (χ2v) is 11.0. The summed E-state index contributed by atoms with van der Waals surface area (Å²) in [5.74, 6) is 0.646. The average Bonchev–Trinajstić information content (AvgIpc) is 2.90. The SMILES string of the molecule is CBc1ccccc1S(=O)(=O)N1CCC(CN2C(=N)NC(C)(CC(C)C)C2=O)CC1. The standard InChI is InChI=1S/C21H33BN4O3S/c1-15(2)13-21(3)19(27)26(20(23)24-21)14-16-9-11-25(12-10-16)30(28,29)18-8-6-5-7-17(18)22-4/h5-8,15-16,22H,9-14H2,1-4H3,(H2,23,24). The number of nitrogens with one attached hydrogen (secondary N) is 2. The van der Waals surface area contributed by atoms with Crippen LogP contribution in [0.1, 0.15) is 40.0 Å². The van der Waals surface area contributed by atoms with E-state index >= 15 is 0 Å². The number of rotatable bonds is 7. The number of piperidine rings is 1. The van der Waals surface area contributed by atoms with Crippen molar-refractivity contribution in [2.45, 2.75) is 57.3 Å². The molecule has 2 N–H and O–H groups in total. The summed E-state index contributed by atoms with van der Waals surface area (Å²) in [5.41, 5.74) is 0.116. The van der Waals surface area contributed by atoms with Gasteiger partial charge in [0.2, 0.25) is 10.0 Å². The van der Waals surface area contributed by atoms with E-state index in [1.807, 2.05) is 25.9 Å². The van der Waals surface area contributed by atoms with Gasteiger partial charge in [0.25, 0.3) is 5.91 Å². The summed E-state index contributed by atoms with van der Waals surface area (Å²) in [6.07, 6.45) is 2.05. The largest absolute Gasteiger partial charge is 0.342 e. The molecule has 3 rings (SSSR count). The highest BCUT2D eigenvalue weighted by molar-refractivity contribution is 7.89. The van der Waals surface area contributed by atoms with Gasteiger partial charge in [-0.3, -0.25) is 15.1 Å². The first-order valence-electron chi connectivity index (χ1n) is 10.8. The number of hydrogen-bond acceptors (Lipinski definition) is 4. The molecule has 30 heavy (non-hydrogen) atoms. The van der Waals surface area contributed by atoms with Crippen molar-refractivity contribution in [3.05, 3.63) is 24.3 Å². The van der Waals surface area contributed by atoms with Crippen LogP contribution in [0.5, 0.6) is 0 Å². The molecule has 1 aromatic rings. The molecule has 1 aromatic carbocycles. The molecule has 2 fully saturated rings. The van der Waals surface area contributed by atoms with Crippen molar-refractivity contribution in [2.24, 2.45) is 11.8 Å². The predicted octanol–water partition coefficient (Wildman–Crippen LogP) is 1.37. The predicted molar refractivity (Wildman–Crippen MR) is 121 cm³/mol. The van der Waals surface area contributed by atoms with Crippen molar-refractivity contribution >= 4 is 34.6 Å². The first kappa shape index (κ1) is 22.8. The Morgan fingerprint density at radius 2 is 1.90 bits per heavy atom. The van der Waals surface area contributed by atoms with Crippen LogP contribution in [0.4, 0.5) is 0 Å². The minimum absolute atomic E-state index is 0.0480. The Morgan fingerprint density at radius 1 is 1.27 bits per heavy atom. The number of carbonyl (C=O) groups excluding carboxylic acids is 1. The third-order valence-electron chi connectivity index (χ3n) is 6.18. The quantitative estimate of drug-likeness (QED) is 0.637. The van der Waals surface area contributed by atoms with Gasteiger partial charge in [-0.25, -0.2) is 8.42 Å². The molecule has 1 unspecified atom stereocenters. The number of benzene rings is 1. The third kappa shape index (κ3) is 4.42. The second-order valence-electron chi connectivity index (χ2n) is 9.13. The maximum absolute atomic E-state index is 13.1. The van der Waals surface area contributed by atoms with Gasteiger partial charge in [-0.15, -0.1) is 0 Å². The molecule has 0 aliphatic carbocycles. The lowest BCUT2D eigenvalue weighted by Crippen LogP contribution is -2.46. The molecule has 2 heterocycles. The number of amides is 1. The second kappa shape index (κ2) is 8.71. The van der Waals surface area contributed by atoms with Crippen LogP contribution in [0.25, 0.3) is 0 Å². The molecule has 0 spiro atoms. The molecule has 2 aliphatic rings. The van der Waals surface area contributed by atoms with E-state index in [4.69, 9.17) is 5.41 Å². The van der Waals surface area contributed by atoms with Gasteiger partial charge in [0.15, 0.2) is 13.2 Å². The van der Waals surface area contributed by atoms with Gasteiger partial charge in [-0.05, 0) is 44.1 Å². The van der Waals surface area contributed by atoms with Crippen LogP contribution in [0, 0.1) is 17.2 Å². The maximum atomic E-state index is 13.1. The molecule has 2 aliphatic heterocycles. The molecule has 0 saturated carbocycles. The normalized spacial score (nSPS) is 23.8. The zero-order chi connectivity index (χ0) is 22.1. The number of nitrogens with zero attached hydrogens (tertiary/aromatic N) is 2. The van der Waals surface area contributed by atoms with Gasteiger partial charge in [0.1, 0.15) is 5.54 Å². The Hall–Kier alpha value is -1.87. The van der Waals surface area contributed by atoms with E-state index in [2.05, 4.69) is 19.2 Å². The Labute approximate surface area is 181 Å². The lowest BCUT2D eigenvalue weighted by atomic mass is 9.73. The Bertz CT molecular complexity index is 913. The number of carbonyl (C=O) groups is 1. The van der Waals surface area contributed by atoms with Gasteiger partial charge in [0, 0.05) is 19.6 Å². The highest BCUT2D eigenvalue weighted by Crippen LogP contribution is 2.28. The Morgan fingerprint density at radius 3 is 2.50 bits per heavy atom. The smallest absolute Gasteiger partial charge is 0.254 e. The molecule has 2 saturated heterocycles. The molecule has 0 aromatic heterocycles. The van der Waals surface area contributed by atoms with Crippen molar-refractivity contribution < 1.29 is 13.2 Å². The highest BCUT2D eigenvalue weighted by atomic mass is 32.2. The van der Waals surface area contributed by atoms with Crippen LogP contribution in [0.2, 0.25) is 6.82 Å². The van der Waals surface area contributed by atoms with Gasteiger partial charge in [-0.1, -0.05) is 44.3 Å². The minimum Gasteiger partial charge on any atom is -0.342 e. The van der Waals surface area contributed by atoms with Crippen molar-refractivity contribution in [1.29, 1.82) is 5.41 Å². The van der Waals surface area contributed by atoms with Gasteiger partial charge in [-0.2, -0.15) is 4.31 Å². The first-order valence-corrected chi connectivity index (χ1v) is 12.3. The zero-order valence-corrected chi connectivity index (χ0v) is 19.3. The lowest BCUT2D eigenvalue weighted by molar-refractivity contribution is -0.131. The topological polar surface area (TPSA) is 93.6 Å².